The van der Waals surface area contributed by atoms with Gasteiger partial charge in [-0.1, -0.05) is 69.7 Å². The lowest BCUT2D eigenvalue weighted by molar-refractivity contribution is 0.509. The summed E-state index contributed by atoms with van der Waals surface area (Å²) in [4.78, 5) is 0. The quantitative estimate of drug-likeness (QED) is 0.510. The average molecular weight is 296 g/mol. The molecule has 0 fully saturated rings. The zero-order chi connectivity index (χ0) is 14.6. The number of benzene rings is 1. The molecule has 2 heteroatoms. The molecule has 114 valence electrons. The van der Waals surface area contributed by atoms with Gasteiger partial charge in [0.2, 0.25) is 0 Å². The Balaban J connectivity index is 2.47. The first kappa shape index (κ1) is 17.5. The smallest absolute Gasteiger partial charge is 0.0408 e. The fraction of sp³-hybridized carbons (Fsp3) is 0.667. The van der Waals surface area contributed by atoms with Crippen molar-refractivity contribution in [2.24, 2.45) is 0 Å². The molecule has 1 rings (SSSR count). The summed E-state index contributed by atoms with van der Waals surface area (Å²) in [5, 5.41) is 4.42. The number of hydrogen-bond donors (Lipinski definition) is 1. The molecule has 0 heterocycles. The van der Waals surface area contributed by atoms with Crippen molar-refractivity contribution in [3.63, 3.8) is 0 Å². The molecule has 1 atom stereocenters. The molecule has 0 radical (unpaired) electrons. The fourth-order valence-electron chi connectivity index (χ4n) is 2.59. The molecule has 0 spiro atoms. The first-order valence-corrected chi connectivity index (χ1v) is 8.61. The zero-order valence-corrected chi connectivity index (χ0v) is 13.9. The van der Waals surface area contributed by atoms with Crippen molar-refractivity contribution in [3.8, 4) is 0 Å². The Hall–Kier alpha value is -0.530. The molecule has 0 aliphatic carbocycles. The molecule has 0 bridgehead atoms. The lowest BCUT2D eigenvalue weighted by Crippen LogP contribution is -2.22. The van der Waals surface area contributed by atoms with Gasteiger partial charge in [0.15, 0.2) is 0 Å². The highest BCUT2D eigenvalue weighted by Gasteiger charge is 2.11. The van der Waals surface area contributed by atoms with E-state index in [1.807, 2.05) is 6.07 Å². The molecule has 0 aliphatic rings. The molecule has 1 aromatic carbocycles. The van der Waals surface area contributed by atoms with E-state index in [1.165, 1.54) is 50.5 Å². The maximum absolute atomic E-state index is 6.13. The van der Waals surface area contributed by atoms with Gasteiger partial charge < -0.3 is 5.32 Å². The minimum Gasteiger partial charge on any atom is -0.316 e. The van der Waals surface area contributed by atoms with Gasteiger partial charge in [-0.25, -0.2) is 0 Å². The van der Waals surface area contributed by atoms with Gasteiger partial charge >= 0.3 is 0 Å². The van der Waals surface area contributed by atoms with Crippen molar-refractivity contribution in [3.05, 3.63) is 34.9 Å². The van der Waals surface area contributed by atoms with Gasteiger partial charge in [0.25, 0.3) is 0 Å². The molecule has 0 saturated carbocycles. The normalized spacial score (nSPS) is 12.6. The lowest BCUT2D eigenvalue weighted by atomic mass is 9.92. The third-order valence-corrected chi connectivity index (χ3v) is 4.03. The Morgan fingerprint density at radius 1 is 1.05 bits per heavy atom. The second-order valence-electron chi connectivity index (χ2n) is 5.66. The van der Waals surface area contributed by atoms with Gasteiger partial charge in [0.05, 0.1) is 0 Å². The van der Waals surface area contributed by atoms with Crippen LogP contribution in [0.5, 0.6) is 0 Å². The maximum atomic E-state index is 6.13. The van der Waals surface area contributed by atoms with Crippen LogP contribution in [0.1, 0.15) is 70.3 Å². The van der Waals surface area contributed by atoms with Gasteiger partial charge in [-0.3, -0.25) is 0 Å². The standard InChI is InChI=1S/C18H30ClN/c1-3-5-6-7-8-10-17(15-20-13-4-2)16-11-9-12-18(19)14-16/h9,11-12,14,17,20H,3-8,10,13,15H2,1-2H3. The fourth-order valence-corrected chi connectivity index (χ4v) is 2.79. The van der Waals surface area contributed by atoms with Crippen LogP contribution < -0.4 is 5.32 Å². The Morgan fingerprint density at radius 2 is 1.85 bits per heavy atom. The monoisotopic (exact) mass is 295 g/mol. The number of unbranched alkanes of at least 4 members (excludes halogenated alkanes) is 4. The third-order valence-electron chi connectivity index (χ3n) is 3.79. The molecular weight excluding hydrogens is 266 g/mol. The minimum atomic E-state index is 0.599. The van der Waals surface area contributed by atoms with E-state index < -0.39 is 0 Å². The minimum absolute atomic E-state index is 0.599. The Labute approximate surface area is 130 Å². The first-order valence-electron chi connectivity index (χ1n) is 8.24. The number of hydrogen-bond acceptors (Lipinski definition) is 1. The first-order chi connectivity index (χ1) is 9.77. The van der Waals surface area contributed by atoms with E-state index in [2.05, 4.69) is 37.4 Å². The van der Waals surface area contributed by atoms with Crippen LogP contribution in [0.15, 0.2) is 24.3 Å². The van der Waals surface area contributed by atoms with Crippen LogP contribution in [0, 0.1) is 0 Å². The van der Waals surface area contributed by atoms with Gasteiger partial charge in [0, 0.05) is 11.6 Å². The molecule has 0 aliphatic heterocycles. The molecule has 1 nitrogen and oxygen atoms in total. The predicted molar refractivity (Wildman–Crippen MR) is 90.7 cm³/mol. The van der Waals surface area contributed by atoms with Crippen LogP contribution in [0.4, 0.5) is 0 Å². The summed E-state index contributed by atoms with van der Waals surface area (Å²) >= 11 is 6.13. The van der Waals surface area contributed by atoms with E-state index in [4.69, 9.17) is 11.6 Å². The summed E-state index contributed by atoms with van der Waals surface area (Å²) < 4.78 is 0. The van der Waals surface area contributed by atoms with Crippen molar-refractivity contribution < 1.29 is 0 Å². The highest BCUT2D eigenvalue weighted by atomic mass is 35.5. The van der Waals surface area contributed by atoms with Crippen molar-refractivity contribution >= 4 is 11.6 Å². The third kappa shape index (κ3) is 7.31. The summed E-state index contributed by atoms with van der Waals surface area (Å²) in [6.45, 7) is 6.66. The van der Waals surface area contributed by atoms with Crippen LogP contribution in [-0.4, -0.2) is 13.1 Å². The van der Waals surface area contributed by atoms with Gasteiger partial charge in [-0.05, 0) is 43.0 Å². The Bertz CT molecular complexity index is 351. The van der Waals surface area contributed by atoms with Crippen molar-refractivity contribution in [1.29, 1.82) is 0 Å². The Morgan fingerprint density at radius 3 is 2.55 bits per heavy atom. The molecule has 0 aromatic heterocycles. The SMILES string of the molecule is CCCCCCCC(CNCCC)c1cccc(Cl)c1. The highest BCUT2D eigenvalue weighted by molar-refractivity contribution is 6.30. The number of nitrogens with one attached hydrogen (secondary N) is 1. The van der Waals surface area contributed by atoms with E-state index in [9.17, 15) is 0 Å². The molecule has 20 heavy (non-hydrogen) atoms. The largest absolute Gasteiger partial charge is 0.316 e. The zero-order valence-electron chi connectivity index (χ0n) is 13.1. The van der Waals surface area contributed by atoms with Crippen molar-refractivity contribution in [2.75, 3.05) is 13.1 Å². The molecule has 1 unspecified atom stereocenters. The summed E-state index contributed by atoms with van der Waals surface area (Å²) in [5.74, 6) is 0.599. The summed E-state index contributed by atoms with van der Waals surface area (Å²) in [5.41, 5.74) is 1.39. The highest BCUT2D eigenvalue weighted by Crippen LogP contribution is 2.24. The van der Waals surface area contributed by atoms with Crippen LogP contribution in [-0.2, 0) is 0 Å². The molecule has 0 saturated heterocycles. The predicted octanol–water partition coefficient (Wildman–Crippen LogP) is 5.78. The number of rotatable bonds is 11. The van der Waals surface area contributed by atoms with Gasteiger partial charge in [-0.2, -0.15) is 0 Å². The van der Waals surface area contributed by atoms with Crippen molar-refractivity contribution in [1.82, 2.24) is 5.32 Å². The van der Waals surface area contributed by atoms with Gasteiger partial charge in [0.1, 0.15) is 0 Å². The van der Waals surface area contributed by atoms with Crippen LogP contribution in [0.25, 0.3) is 0 Å². The molecule has 0 amide bonds. The lowest BCUT2D eigenvalue weighted by Gasteiger charge is -2.18. The summed E-state index contributed by atoms with van der Waals surface area (Å²) in [6, 6.07) is 8.38. The Kier molecular flexibility index (Phi) is 9.78. The van der Waals surface area contributed by atoms with Crippen LogP contribution >= 0.6 is 11.6 Å². The van der Waals surface area contributed by atoms with E-state index in [0.717, 1.165) is 18.1 Å². The van der Waals surface area contributed by atoms with Crippen LogP contribution in [0.3, 0.4) is 0 Å². The maximum Gasteiger partial charge on any atom is 0.0408 e. The van der Waals surface area contributed by atoms with Crippen molar-refractivity contribution in [2.45, 2.75) is 64.7 Å². The topological polar surface area (TPSA) is 12.0 Å². The number of halogens is 1. The second-order valence-corrected chi connectivity index (χ2v) is 6.10. The van der Waals surface area contributed by atoms with E-state index in [0.29, 0.717) is 5.92 Å². The summed E-state index contributed by atoms with van der Waals surface area (Å²) in [7, 11) is 0. The molecular formula is C18H30ClN. The van der Waals surface area contributed by atoms with E-state index in [-0.39, 0.29) is 0 Å². The average Bonchev–Trinajstić information content (AvgIpc) is 2.45. The summed E-state index contributed by atoms with van der Waals surface area (Å²) in [6.07, 6.45) is 9.20. The van der Waals surface area contributed by atoms with E-state index >= 15 is 0 Å². The van der Waals surface area contributed by atoms with Gasteiger partial charge in [-0.15, -0.1) is 0 Å². The molecule has 1 N–H and O–H groups in total. The van der Waals surface area contributed by atoms with E-state index in [1.54, 1.807) is 0 Å². The second kappa shape index (κ2) is 11.2. The van der Waals surface area contributed by atoms with Crippen LogP contribution in [0.2, 0.25) is 5.02 Å². The molecule has 1 aromatic rings.